The lowest BCUT2D eigenvalue weighted by Crippen LogP contribution is -2.47. The van der Waals surface area contributed by atoms with Crippen LogP contribution in [0.3, 0.4) is 0 Å². The molecule has 8 fully saturated rings. The lowest BCUT2D eigenvalue weighted by molar-refractivity contribution is -0.0349. The largest absolute Gasteiger partial charge is 0.0825 e. The standard InChI is InChI=1S/2C34H54/c1-19(2)11-25-15-27(13-21(5)6)33-23(9)29(17-31(25)33)30-18-32-26(12-20(3)4)16-28(14-22(7)8)34(32)24(30)10;1-21(2)15-25-19-27(17-23(5)6)31-29(25)11-13-33(31,9)34(10)14-12-30-26(16-22(3)4)20-28(32(30)34)18-24(7)8/h11-14,23-34H,15-18H2,1-10H3;15-18,25-32H,11-14,19-20H2,1-10H3/t23?,24?,25?,26?,27?,28?,29-,30?,31?,32?,33?,34?;25?,26?,27?,28?,29?,30?,31?,32?,33-,34?/m01/s1. The summed E-state index contributed by atoms with van der Waals surface area (Å²) in [5.74, 6) is 17.0. The second-order valence-corrected chi connectivity index (χ2v) is 28.5. The van der Waals surface area contributed by atoms with E-state index >= 15 is 0 Å². The van der Waals surface area contributed by atoms with Gasteiger partial charge in [-0.15, -0.1) is 0 Å². The monoisotopic (exact) mass is 925 g/mol. The summed E-state index contributed by atoms with van der Waals surface area (Å²) in [7, 11) is 0. The number of rotatable bonds is 10. The molecule has 8 saturated carbocycles. The first-order valence-corrected chi connectivity index (χ1v) is 29.0. The summed E-state index contributed by atoms with van der Waals surface area (Å²) in [6, 6.07) is 0. The summed E-state index contributed by atoms with van der Waals surface area (Å²) in [4.78, 5) is 0. The van der Waals surface area contributed by atoms with Gasteiger partial charge in [0.15, 0.2) is 0 Å². The zero-order chi connectivity index (χ0) is 49.9. The highest BCUT2D eigenvalue weighted by molar-refractivity contribution is 5.24. The molecule has 0 aliphatic heterocycles. The average Bonchev–Trinajstić information content (AvgIpc) is 4.07. The topological polar surface area (TPSA) is 0 Å². The minimum Gasteiger partial charge on any atom is -0.0825 e. The van der Waals surface area contributed by atoms with Gasteiger partial charge >= 0.3 is 0 Å². The number of hydrogen-bond acceptors (Lipinski definition) is 0. The molecular weight excluding hydrogens is 817 g/mol. The molecule has 0 radical (unpaired) electrons. The molecule has 0 nitrogen and oxygen atoms in total. The molecule has 0 bridgehead atoms. The van der Waals surface area contributed by atoms with Gasteiger partial charge in [-0.2, -0.15) is 0 Å². The van der Waals surface area contributed by atoms with Crippen molar-refractivity contribution in [3.63, 3.8) is 0 Å². The van der Waals surface area contributed by atoms with Gasteiger partial charge in [-0.3, -0.25) is 0 Å². The van der Waals surface area contributed by atoms with Crippen LogP contribution < -0.4 is 0 Å². The second-order valence-electron chi connectivity index (χ2n) is 28.5. The Balaban J connectivity index is 0.000000201. The first-order valence-electron chi connectivity index (χ1n) is 29.0. The van der Waals surface area contributed by atoms with Crippen molar-refractivity contribution in [1.82, 2.24) is 0 Å². The Bertz CT molecular complexity index is 1870. The highest BCUT2D eigenvalue weighted by Gasteiger charge is 2.67. The van der Waals surface area contributed by atoms with Crippen molar-refractivity contribution in [2.45, 2.75) is 203 Å². The smallest absolute Gasteiger partial charge is 0.0189 e. The van der Waals surface area contributed by atoms with E-state index in [1.807, 2.05) is 0 Å². The van der Waals surface area contributed by atoms with Crippen LogP contribution in [0.5, 0.6) is 0 Å². The van der Waals surface area contributed by atoms with E-state index in [-0.39, 0.29) is 0 Å². The Morgan fingerprint density at radius 2 is 0.529 bits per heavy atom. The highest BCUT2D eigenvalue weighted by atomic mass is 14.7. The Kier molecular flexibility index (Phi) is 16.7. The summed E-state index contributed by atoms with van der Waals surface area (Å²) in [6.07, 6.45) is 35.5. The Hall–Kier alpha value is -2.08. The Labute approximate surface area is 423 Å². The van der Waals surface area contributed by atoms with E-state index < -0.39 is 0 Å². The van der Waals surface area contributed by atoms with Gasteiger partial charge in [0.2, 0.25) is 0 Å². The van der Waals surface area contributed by atoms with Gasteiger partial charge < -0.3 is 0 Å². The molecule has 22 atom stereocenters. The molecule has 8 rings (SSSR count). The third kappa shape index (κ3) is 10.5. The fourth-order valence-electron chi connectivity index (χ4n) is 20.1. The van der Waals surface area contributed by atoms with Crippen LogP contribution in [0.1, 0.15) is 203 Å². The van der Waals surface area contributed by atoms with Gasteiger partial charge in [0, 0.05) is 0 Å². The van der Waals surface area contributed by atoms with Gasteiger partial charge in [0.1, 0.15) is 0 Å². The average molecular weight is 926 g/mol. The summed E-state index contributed by atoms with van der Waals surface area (Å²) in [6.45, 7) is 47.9. The van der Waals surface area contributed by atoms with Crippen LogP contribution >= 0.6 is 0 Å². The molecule has 0 aromatic rings. The van der Waals surface area contributed by atoms with Gasteiger partial charge in [0.25, 0.3) is 0 Å². The zero-order valence-electron chi connectivity index (χ0n) is 48.2. The molecule has 20 unspecified atom stereocenters. The minimum atomic E-state index is 0.450. The lowest BCUT2D eigenvalue weighted by atomic mass is 9.52. The van der Waals surface area contributed by atoms with E-state index in [0.717, 1.165) is 118 Å². The van der Waals surface area contributed by atoms with Gasteiger partial charge in [-0.25, -0.2) is 0 Å². The van der Waals surface area contributed by atoms with Crippen LogP contribution in [0.15, 0.2) is 93.2 Å². The molecule has 0 aromatic carbocycles. The van der Waals surface area contributed by atoms with E-state index in [1.165, 1.54) is 109 Å². The molecule has 0 aromatic heterocycles. The van der Waals surface area contributed by atoms with E-state index in [4.69, 9.17) is 0 Å². The summed E-state index contributed by atoms with van der Waals surface area (Å²) >= 11 is 0. The van der Waals surface area contributed by atoms with Gasteiger partial charge in [-0.05, 0) is 304 Å². The van der Waals surface area contributed by atoms with Crippen LogP contribution in [-0.4, -0.2) is 0 Å². The molecule has 68 heavy (non-hydrogen) atoms. The van der Waals surface area contributed by atoms with Crippen LogP contribution in [0, 0.1) is 129 Å². The molecule has 0 spiro atoms. The number of fused-ring (bicyclic) bond motifs is 4. The maximum Gasteiger partial charge on any atom is -0.0189 e. The maximum atomic E-state index is 2.77. The predicted molar refractivity (Wildman–Crippen MR) is 299 cm³/mol. The third-order valence-electron chi connectivity index (χ3n) is 21.6. The lowest BCUT2D eigenvalue weighted by Gasteiger charge is -2.52. The molecule has 0 amide bonds. The SMILES string of the molecule is CC(C)=CC1CC(C=C(C)C)C2C(C)C([C@H]3CC4C(C=C(C)C)CC(C=C(C)C)C4C3C)CC12.CC(C)=CC1CC(C=C(C)C)C2C1CCC2(C)[C@]1(C)CCC2C(C=C(C)C)CC(C=C(C)C)C21. The molecule has 0 heterocycles. The first-order chi connectivity index (χ1) is 31.8. The van der Waals surface area contributed by atoms with Crippen LogP contribution in [0.25, 0.3) is 0 Å². The molecule has 0 N–H and O–H groups in total. The summed E-state index contributed by atoms with van der Waals surface area (Å²) < 4.78 is 0. The normalized spacial score (nSPS) is 44.9. The molecule has 0 heteroatoms. The van der Waals surface area contributed by atoms with Crippen LogP contribution in [-0.2, 0) is 0 Å². The maximum absolute atomic E-state index is 2.77. The summed E-state index contributed by atoms with van der Waals surface area (Å²) in [5, 5.41) is 0. The molecule has 8 aliphatic rings. The molecule has 8 aliphatic carbocycles. The highest BCUT2D eigenvalue weighted by Crippen LogP contribution is 2.74. The first kappa shape index (κ1) is 53.7. The summed E-state index contributed by atoms with van der Waals surface area (Å²) in [5.41, 5.74) is 13.1. The van der Waals surface area contributed by atoms with Gasteiger partial charge in [-0.1, -0.05) is 121 Å². The Morgan fingerprint density at radius 1 is 0.294 bits per heavy atom. The van der Waals surface area contributed by atoms with E-state index in [9.17, 15) is 0 Å². The van der Waals surface area contributed by atoms with Crippen molar-refractivity contribution >= 4 is 0 Å². The quantitative estimate of drug-likeness (QED) is 0.192. The van der Waals surface area contributed by atoms with Crippen LogP contribution in [0.2, 0.25) is 0 Å². The van der Waals surface area contributed by atoms with Crippen molar-refractivity contribution in [3.8, 4) is 0 Å². The van der Waals surface area contributed by atoms with Crippen molar-refractivity contribution < 1.29 is 0 Å². The predicted octanol–water partition coefficient (Wildman–Crippen LogP) is 20.1. The van der Waals surface area contributed by atoms with Crippen molar-refractivity contribution in [1.29, 1.82) is 0 Å². The van der Waals surface area contributed by atoms with E-state index in [1.54, 1.807) is 0 Å². The van der Waals surface area contributed by atoms with E-state index in [2.05, 4.69) is 187 Å². The number of allylic oxidation sites excluding steroid dienone is 16. The van der Waals surface area contributed by atoms with Crippen molar-refractivity contribution in [2.24, 2.45) is 129 Å². The van der Waals surface area contributed by atoms with Crippen LogP contribution in [0.4, 0.5) is 0 Å². The van der Waals surface area contributed by atoms with E-state index in [0.29, 0.717) is 10.8 Å². The fraction of sp³-hybridized carbons (Fsp3) is 0.765. The van der Waals surface area contributed by atoms with Crippen molar-refractivity contribution in [2.75, 3.05) is 0 Å². The van der Waals surface area contributed by atoms with Crippen molar-refractivity contribution in [3.05, 3.63) is 93.2 Å². The number of hydrogen-bond donors (Lipinski definition) is 0. The van der Waals surface area contributed by atoms with Gasteiger partial charge in [0.05, 0.1) is 0 Å². The Morgan fingerprint density at radius 3 is 0.809 bits per heavy atom. The molecule has 0 saturated heterocycles. The second kappa shape index (κ2) is 21.2. The third-order valence-corrected chi connectivity index (χ3v) is 21.6. The minimum absolute atomic E-state index is 0.450. The fourth-order valence-corrected chi connectivity index (χ4v) is 20.1. The molecule has 380 valence electrons. The molecular formula is C68H108. The zero-order valence-corrected chi connectivity index (χ0v) is 48.2.